The predicted molar refractivity (Wildman–Crippen MR) is 80.1 cm³/mol. The van der Waals surface area contributed by atoms with Crippen molar-refractivity contribution in [1.82, 2.24) is 9.62 Å². The highest BCUT2D eigenvalue weighted by molar-refractivity contribution is 7.89. The standard InChI is InChI=1S/C13H23N3O3S/c1-3-8-16(4-2)9-7-15-20(18,19)11-5-6-13(17)12(14)10-11/h5-6,10,15,17H,3-4,7-9,14H2,1-2H3. The average molecular weight is 301 g/mol. The van der Waals surface area contributed by atoms with Crippen LogP contribution in [0.15, 0.2) is 23.1 Å². The van der Waals surface area contributed by atoms with Crippen LogP contribution in [0, 0.1) is 0 Å². The van der Waals surface area contributed by atoms with Crippen LogP contribution in [0.3, 0.4) is 0 Å². The van der Waals surface area contributed by atoms with E-state index in [1.807, 2.05) is 6.92 Å². The normalized spacial score (nSPS) is 11.9. The van der Waals surface area contributed by atoms with Gasteiger partial charge in [0.1, 0.15) is 5.75 Å². The summed E-state index contributed by atoms with van der Waals surface area (Å²) in [5.74, 6) is -0.121. The molecule has 0 atom stereocenters. The lowest BCUT2D eigenvalue weighted by Crippen LogP contribution is -2.35. The molecule has 0 fully saturated rings. The molecule has 0 unspecified atom stereocenters. The summed E-state index contributed by atoms with van der Waals surface area (Å²) >= 11 is 0. The number of likely N-dealkylation sites (N-methyl/N-ethyl adjacent to an activating group) is 1. The summed E-state index contributed by atoms with van der Waals surface area (Å²) in [6.45, 7) is 6.98. The molecule has 7 heteroatoms. The number of nitrogens with one attached hydrogen (secondary N) is 1. The van der Waals surface area contributed by atoms with Gasteiger partial charge in [-0.1, -0.05) is 13.8 Å². The molecule has 1 aromatic carbocycles. The monoisotopic (exact) mass is 301 g/mol. The highest BCUT2D eigenvalue weighted by Gasteiger charge is 2.15. The van der Waals surface area contributed by atoms with Gasteiger partial charge >= 0.3 is 0 Å². The van der Waals surface area contributed by atoms with Crippen molar-refractivity contribution in [3.63, 3.8) is 0 Å². The third kappa shape index (κ3) is 4.66. The van der Waals surface area contributed by atoms with E-state index in [1.54, 1.807) is 0 Å². The fourth-order valence-electron chi connectivity index (χ4n) is 1.87. The van der Waals surface area contributed by atoms with Crippen LogP contribution in [0.25, 0.3) is 0 Å². The molecular weight excluding hydrogens is 278 g/mol. The van der Waals surface area contributed by atoms with Crippen LogP contribution in [0.4, 0.5) is 5.69 Å². The molecule has 0 aromatic heterocycles. The van der Waals surface area contributed by atoms with Crippen molar-refractivity contribution in [2.75, 3.05) is 31.9 Å². The Morgan fingerprint density at radius 1 is 1.30 bits per heavy atom. The molecule has 0 bridgehead atoms. The Morgan fingerprint density at radius 2 is 2.00 bits per heavy atom. The van der Waals surface area contributed by atoms with Gasteiger partial charge in [0.05, 0.1) is 10.6 Å². The smallest absolute Gasteiger partial charge is 0.240 e. The first-order valence-electron chi connectivity index (χ1n) is 6.71. The number of anilines is 1. The summed E-state index contributed by atoms with van der Waals surface area (Å²) in [4.78, 5) is 2.24. The topological polar surface area (TPSA) is 95.7 Å². The maximum absolute atomic E-state index is 12.1. The molecule has 6 nitrogen and oxygen atoms in total. The van der Waals surface area contributed by atoms with Crippen molar-refractivity contribution < 1.29 is 13.5 Å². The molecule has 0 spiro atoms. The van der Waals surface area contributed by atoms with E-state index >= 15 is 0 Å². The van der Waals surface area contributed by atoms with Crippen molar-refractivity contribution in [2.24, 2.45) is 0 Å². The summed E-state index contributed by atoms with van der Waals surface area (Å²) in [5, 5.41) is 9.30. The second kappa shape index (κ2) is 7.47. The van der Waals surface area contributed by atoms with Gasteiger partial charge in [-0.25, -0.2) is 13.1 Å². The summed E-state index contributed by atoms with van der Waals surface area (Å²) in [7, 11) is -3.59. The first-order chi connectivity index (χ1) is 9.40. The molecule has 114 valence electrons. The van der Waals surface area contributed by atoms with Crippen molar-refractivity contribution in [3.05, 3.63) is 18.2 Å². The summed E-state index contributed by atoms with van der Waals surface area (Å²) in [6.07, 6.45) is 1.04. The number of hydrogen-bond acceptors (Lipinski definition) is 5. The van der Waals surface area contributed by atoms with Gasteiger partial charge in [-0.3, -0.25) is 0 Å². The van der Waals surface area contributed by atoms with Gasteiger partial charge in [-0.05, 0) is 37.7 Å². The number of phenols is 1. The van der Waals surface area contributed by atoms with Gasteiger partial charge in [0.2, 0.25) is 10.0 Å². The SMILES string of the molecule is CCCN(CC)CCNS(=O)(=O)c1ccc(O)c(N)c1. The fraction of sp³-hybridized carbons (Fsp3) is 0.538. The van der Waals surface area contributed by atoms with Gasteiger partial charge in [0, 0.05) is 13.1 Å². The molecule has 0 aliphatic rings. The Morgan fingerprint density at radius 3 is 2.55 bits per heavy atom. The van der Waals surface area contributed by atoms with Crippen molar-refractivity contribution in [1.29, 1.82) is 0 Å². The molecule has 0 saturated heterocycles. The number of sulfonamides is 1. The number of benzene rings is 1. The van der Waals surface area contributed by atoms with E-state index in [1.165, 1.54) is 18.2 Å². The van der Waals surface area contributed by atoms with Crippen LogP contribution in [0.2, 0.25) is 0 Å². The molecule has 20 heavy (non-hydrogen) atoms. The number of rotatable bonds is 8. The zero-order valence-electron chi connectivity index (χ0n) is 12.0. The summed E-state index contributed by atoms with van der Waals surface area (Å²) in [5.41, 5.74) is 5.55. The van der Waals surface area contributed by atoms with E-state index in [0.29, 0.717) is 13.1 Å². The Kier molecular flexibility index (Phi) is 6.25. The minimum atomic E-state index is -3.59. The quantitative estimate of drug-likeness (QED) is 0.491. The molecule has 0 heterocycles. The van der Waals surface area contributed by atoms with Crippen LogP contribution in [0.1, 0.15) is 20.3 Å². The molecule has 0 aliphatic heterocycles. The molecule has 0 saturated carbocycles. The van der Waals surface area contributed by atoms with Crippen LogP contribution in [-0.4, -0.2) is 44.6 Å². The van der Waals surface area contributed by atoms with E-state index < -0.39 is 10.0 Å². The minimum absolute atomic E-state index is 0.0500. The number of nitrogens with zero attached hydrogens (tertiary/aromatic N) is 1. The van der Waals surface area contributed by atoms with Crippen LogP contribution >= 0.6 is 0 Å². The third-order valence-corrected chi connectivity index (χ3v) is 4.48. The highest BCUT2D eigenvalue weighted by atomic mass is 32.2. The molecule has 0 aliphatic carbocycles. The van der Waals surface area contributed by atoms with E-state index in [-0.39, 0.29) is 16.3 Å². The zero-order chi connectivity index (χ0) is 15.2. The lowest BCUT2D eigenvalue weighted by atomic mass is 10.3. The highest BCUT2D eigenvalue weighted by Crippen LogP contribution is 2.22. The molecule has 0 radical (unpaired) electrons. The van der Waals surface area contributed by atoms with Crippen molar-refractivity contribution >= 4 is 15.7 Å². The minimum Gasteiger partial charge on any atom is -0.506 e. The number of aromatic hydroxyl groups is 1. The lowest BCUT2D eigenvalue weighted by molar-refractivity contribution is 0.293. The summed E-state index contributed by atoms with van der Waals surface area (Å²) in [6, 6.07) is 3.86. The molecule has 4 N–H and O–H groups in total. The van der Waals surface area contributed by atoms with Gasteiger partial charge in [0.15, 0.2) is 0 Å². The lowest BCUT2D eigenvalue weighted by Gasteiger charge is -2.19. The maximum atomic E-state index is 12.1. The second-order valence-electron chi connectivity index (χ2n) is 4.55. The first-order valence-corrected chi connectivity index (χ1v) is 8.19. The zero-order valence-corrected chi connectivity index (χ0v) is 12.8. The van der Waals surface area contributed by atoms with Gasteiger partial charge in [-0.15, -0.1) is 0 Å². The maximum Gasteiger partial charge on any atom is 0.240 e. The van der Waals surface area contributed by atoms with Crippen molar-refractivity contribution in [3.8, 4) is 5.75 Å². The third-order valence-electron chi connectivity index (χ3n) is 3.02. The summed E-state index contributed by atoms with van der Waals surface area (Å²) < 4.78 is 26.7. The van der Waals surface area contributed by atoms with E-state index in [4.69, 9.17) is 5.73 Å². The first kappa shape index (κ1) is 16.7. The molecular formula is C13H23N3O3S. The van der Waals surface area contributed by atoms with Gasteiger partial charge in [-0.2, -0.15) is 0 Å². The van der Waals surface area contributed by atoms with Gasteiger partial charge < -0.3 is 15.7 Å². The van der Waals surface area contributed by atoms with E-state index in [0.717, 1.165) is 19.5 Å². The van der Waals surface area contributed by atoms with Crippen LogP contribution in [0.5, 0.6) is 5.75 Å². The Hall–Kier alpha value is -1.31. The molecule has 0 amide bonds. The Bertz CT molecular complexity index is 532. The molecule has 1 rings (SSSR count). The average Bonchev–Trinajstić information content (AvgIpc) is 2.40. The number of nitrogens with two attached hydrogens (primary N) is 1. The van der Waals surface area contributed by atoms with Crippen LogP contribution < -0.4 is 10.5 Å². The molecule has 1 aromatic rings. The number of hydrogen-bond donors (Lipinski definition) is 3. The van der Waals surface area contributed by atoms with Gasteiger partial charge in [0.25, 0.3) is 0 Å². The Labute approximate surface area is 120 Å². The predicted octanol–water partition coefficient (Wildman–Crippen LogP) is 0.985. The second-order valence-corrected chi connectivity index (χ2v) is 6.32. The largest absolute Gasteiger partial charge is 0.506 e. The number of nitrogen functional groups attached to an aromatic ring is 1. The van der Waals surface area contributed by atoms with E-state index in [9.17, 15) is 13.5 Å². The number of phenolic OH excluding ortho intramolecular Hbond substituents is 1. The Balaban J connectivity index is 2.63. The fourth-order valence-corrected chi connectivity index (χ4v) is 2.92. The van der Waals surface area contributed by atoms with Crippen LogP contribution in [-0.2, 0) is 10.0 Å². The van der Waals surface area contributed by atoms with Crippen molar-refractivity contribution in [2.45, 2.75) is 25.2 Å². The van der Waals surface area contributed by atoms with E-state index in [2.05, 4.69) is 16.5 Å².